The number of alkyl halides is 3. The van der Waals surface area contributed by atoms with Crippen LogP contribution in [0.1, 0.15) is 11.3 Å². The Morgan fingerprint density at radius 3 is 2.24 bits per heavy atom. The van der Waals surface area contributed by atoms with Gasteiger partial charge in [0.2, 0.25) is 5.88 Å². The molecule has 172 valence electrons. The van der Waals surface area contributed by atoms with Crippen molar-refractivity contribution in [1.29, 1.82) is 0 Å². The second-order valence-electron chi connectivity index (χ2n) is 7.41. The van der Waals surface area contributed by atoms with Crippen LogP contribution >= 0.6 is 0 Å². The van der Waals surface area contributed by atoms with E-state index in [4.69, 9.17) is 9.47 Å². The Labute approximate surface area is 188 Å². The molecule has 0 aliphatic carbocycles. The second-order valence-corrected chi connectivity index (χ2v) is 7.41. The number of halogens is 3. The van der Waals surface area contributed by atoms with E-state index in [-0.39, 0.29) is 5.88 Å². The van der Waals surface area contributed by atoms with Crippen molar-refractivity contribution in [3.63, 3.8) is 0 Å². The molecule has 0 atom stereocenters. The number of piperazine rings is 1. The summed E-state index contributed by atoms with van der Waals surface area (Å²) in [7, 11) is 0. The molecule has 33 heavy (non-hydrogen) atoms. The number of benzene rings is 1. The molecular formula is C23H21F3N4O3. The lowest BCUT2D eigenvalue weighted by Gasteiger charge is -2.33. The molecule has 3 aromatic rings. The van der Waals surface area contributed by atoms with Crippen LogP contribution in [0.15, 0.2) is 67.0 Å². The quantitative estimate of drug-likeness (QED) is 0.557. The number of amides is 1. The summed E-state index contributed by atoms with van der Waals surface area (Å²) in [6.45, 7) is 3.27. The average molecular weight is 458 g/mol. The van der Waals surface area contributed by atoms with Gasteiger partial charge < -0.3 is 14.4 Å². The summed E-state index contributed by atoms with van der Waals surface area (Å²) in [6, 6.07) is 14.0. The van der Waals surface area contributed by atoms with E-state index in [1.165, 1.54) is 0 Å². The van der Waals surface area contributed by atoms with Crippen LogP contribution in [-0.4, -0.2) is 52.0 Å². The Morgan fingerprint density at radius 1 is 0.909 bits per heavy atom. The standard InChI is InChI=1S/C23H21F3N4O3/c24-23(25,26)17-4-9-21(28-15-17)32-19-5-7-20(8-6-19)33-22(31)30-13-11-29(12-14-30)16-18-3-1-2-10-27-18/h1-10,15H,11-14,16H2. The molecule has 0 bridgehead atoms. The van der Waals surface area contributed by atoms with Crippen LogP contribution in [0.4, 0.5) is 18.0 Å². The van der Waals surface area contributed by atoms with Gasteiger partial charge in [-0.25, -0.2) is 9.78 Å². The molecule has 7 nitrogen and oxygen atoms in total. The molecule has 1 aliphatic rings. The molecule has 0 radical (unpaired) electrons. The Balaban J connectivity index is 1.25. The monoisotopic (exact) mass is 458 g/mol. The summed E-state index contributed by atoms with van der Waals surface area (Å²) in [5.41, 5.74) is 0.136. The summed E-state index contributed by atoms with van der Waals surface area (Å²) in [5.74, 6) is 0.713. The van der Waals surface area contributed by atoms with Crippen LogP contribution in [0.3, 0.4) is 0 Å². The minimum atomic E-state index is -4.46. The van der Waals surface area contributed by atoms with Crippen LogP contribution in [0.2, 0.25) is 0 Å². The van der Waals surface area contributed by atoms with E-state index in [9.17, 15) is 18.0 Å². The summed E-state index contributed by atoms with van der Waals surface area (Å²) in [4.78, 5) is 24.3. The van der Waals surface area contributed by atoms with E-state index < -0.39 is 17.8 Å². The zero-order chi connectivity index (χ0) is 23.3. The lowest BCUT2D eigenvalue weighted by atomic mass is 10.3. The molecule has 10 heteroatoms. The second kappa shape index (κ2) is 9.86. The van der Waals surface area contributed by atoms with Gasteiger partial charge in [-0.2, -0.15) is 13.2 Å². The van der Waals surface area contributed by atoms with Gasteiger partial charge in [0.1, 0.15) is 11.5 Å². The topological polar surface area (TPSA) is 67.8 Å². The van der Waals surface area contributed by atoms with Gasteiger partial charge >= 0.3 is 12.3 Å². The van der Waals surface area contributed by atoms with Gasteiger partial charge in [0.25, 0.3) is 0 Å². The van der Waals surface area contributed by atoms with Crippen LogP contribution in [-0.2, 0) is 12.7 Å². The highest BCUT2D eigenvalue weighted by Gasteiger charge is 2.30. The van der Waals surface area contributed by atoms with Gasteiger partial charge in [-0.05, 0) is 42.5 Å². The van der Waals surface area contributed by atoms with Crippen LogP contribution in [0.25, 0.3) is 0 Å². The molecule has 1 aromatic carbocycles. The Bertz CT molecular complexity index is 1050. The van der Waals surface area contributed by atoms with Gasteiger partial charge in [-0.15, -0.1) is 0 Å². The molecule has 3 heterocycles. The number of carbonyl (C=O) groups excluding carboxylic acids is 1. The fourth-order valence-corrected chi connectivity index (χ4v) is 3.28. The molecule has 1 fully saturated rings. The summed E-state index contributed by atoms with van der Waals surface area (Å²) in [6.07, 6.45) is -2.42. The van der Waals surface area contributed by atoms with E-state index >= 15 is 0 Å². The van der Waals surface area contributed by atoms with Gasteiger partial charge in [0.15, 0.2) is 0 Å². The average Bonchev–Trinajstić information content (AvgIpc) is 2.81. The maximum Gasteiger partial charge on any atom is 0.417 e. The smallest absolute Gasteiger partial charge is 0.417 e. The van der Waals surface area contributed by atoms with E-state index in [2.05, 4.69) is 14.9 Å². The first-order valence-corrected chi connectivity index (χ1v) is 10.3. The predicted octanol–water partition coefficient (Wildman–Crippen LogP) is 4.60. The lowest BCUT2D eigenvalue weighted by Crippen LogP contribution is -2.49. The van der Waals surface area contributed by atoms with Crippen molar-refractivity contribution in [3.8, 4) is 17.4 Å². The highest BCUT2D eigenvalue weighted by atomic mass is 19.4. The van der Waals surface area contributed by atoms with E-state index in [0.29, 0.717) is 30.8 Å². The molecule has 4 rings (SSSR count). The highest BCUT2D eigenvalue weighted by molar-refractivity contribution is 5.70. The summed E-state index contributed by atoms with van der Waals surface area (Å²) >= 11 is 0. The van der Waals surface area contributed by atoms with Crippen LogP contribution in [0, 0.1) is 0 Å². The van der Waals surface area contributed by atoms with E-state index in [0.717, 1.165) is 37.5 Å². The van der Waals surface area contributed by atoms with Gasteiger partial charge in [0, 0.05) is 51.2 Å². The molecule has 1 saturated heterocycles. The first-order chi connectivity index (χ1) is 15.9. The number of pyridine rings is 2. The van der Waals surface area contributed by atoms with E-state index in [1.807, 2.05) is 18.2 Å². The van der Waals surface area contributed by atoms with Crippen molar-refractivity contribution in [2.24, 2.45) is 0 Å². The fourth-order valence-electron chi connectivity index (χ4n) is 3.28. The molecule has 0 N–H and O–H groups in total. The molecule has 1 amide bonds. The minimum absolute atomic E-state index is 0.0244. The number of nitrogens with zero attached hydrogens (tertiary/aromatic N) is 4. The first-order valence-electron chi connectivity index (χ1n) is 10.3. The molecular weight excluding hydrogens is 437 g/mol. The highest BCUT2D eigenvalue weighted by Crippen LogP contribution is 2.30. The maximum atomic E-state index is 12.6. The molecule has 2 aromatic heterocycles. The Morgan fingerprint density at radius 2 is 1.64 bits per heavy atom. The number of hydrogen-bond acceptors (Lipinski definition) is 6. The third-order valence-electron chi connectivity index (χ3n) is 5.06. The summed E-state index contributed by atoms with van der Waals surface area (Å²) < 4.78 is 48.7. The number of ether oxygens (including phenoxy) is 2. The maximum absolute atomic E-state index is 12.6. The largest absolute Gasteiger partial charge is 0.439 e. The van der Waals surface area contributed by atoms with Crippen molar-refractivity contribution in [3.05, 3.63) is 78.2 Å². The zero-order valence-electron chi connectivity index (χ0n) is 17.5. The molecule has 0 saturated carbocycles. The fraction of sp³-hybridized carbons (Fsp3) is 0.261. The van der Waals surface area contributed by atoms with E-state index in [1.54, 1.807) is 35.4 Å². The molecule has 0 spiro atoms. The number of aromatic nitrogens is 2. The lowest BCUT2D eigenvalue weighted by molar-refractivity contribution is -0.137. The van der Waals surface area contributed by atoms with Crippen molar-refractivity contribution < 1.29 is 27.4 Å². The van der Waals surface area contributed by atoms with Gasteiger partial charge in [-0.1, -0.05) is 6.07 Å². The number of rotatable bonds is 5. The summed E-state index contributed by atoms with van der Waals surface area (Å²) in [5, 5.41) is 0. The third-order valence-corrected chi connectivity index (χ3v) is 5.06. The molecule has 0 unspecified atom stereocenters. The van der Waals surface area contributed by atoms with Crippen molar-refractivity contribution in [2.45, 2.75) is 12.7 Å². The van der Waals surface area contributed by atoms with Crippen molar-refractivity contribution in [2.75, 3.05) is 26.2 Å². The van der Waals surface area contributed by atoms with Crippen LogP contribution in [0.5, 0.6) is 17.4 Å². The Hall–Kier alpha value is -3.66. The normalized spacial score (nSPS) is 14.7. The molecule has 1 aliphatic heterocycles. The van der Waals surface area contributed by atoms with Crippen molar-refractivity contribution in [1.82, 2.24) is 19.8 Å². The van der Waals surface area contributed by atoms with Gasteiger partial charge in [-0.3, -0.25) is 9.88 Å². The Kier molecular flexibility index (Phi) is 6.74. The predicted molar refractivity (Wildman–Crippen MR) is 113 cm³/mol. The first kappa shape index (κ1) is 22.5. The number of hydrogen-bond donors (Lipinski definition) is 0. The van der Waals surface area contributed by atoms with Gasteiger partial charge in [0.05, 0.1) is 11.3 Å². The number of carbonyl (C=O) groups is 1. The minimum Gasteiger partial charge on any atom is -0.439 e. The van der Waals surface area contributed by atoms with Crippen LogP contribution < -0.4 is 9.47 Å². The van der Waals surface area contributed by atoms with Crippen molar-refractivity contribution >= 4 is 6.09 Å². The SMILES string of the molecule is O=C(Oc1ccc(Oc2ccc(C(F)(F)F)cn2)cc1)N1CCN(Cc2ccccn2)CC1. The zero-order valence-corrected chi connectivity index (χ0v) is 17.5. The third kappa shape index (κ3) is 6.19.